The average Bonchev–Trinajstić information content (AvgIpc) is 3.09. The van der Waals surface area contributed by atoms with Gasteiger partial charge in [-0.05, 0) is 48.4 Å². The summed E-state index contributed by atoms with van der Waals surface area (Å²) in [6, 6.07) is 4.66. The second-order valence-electron chi connectivity index (χ2n) is 5.84. The molecule has 1 aromatic carbocycles. The molecule has 1 amide bonds. The minimum atomic E-state index is -3.58. The highest BCUT2D eigenvalue weighted by Gasteiger charge is 2.42. The number of amides is 1. The van der Waals surface area contributed by atoms with Crippen LogP contribution >= 0.6 is 0 Å². The molecule has 0 unspecified atom stereocenters. The Bertz CT molecular complexity index is 680. The Morgan fingerprint density at radius 2 is 2.10 bits per heavy atom. The van der Waals surface area contributed by atoms with Gasteiger partial charge in [-0.3, -0.25) is 4.79 Å². The molecule has 114 valence electrons. The van der Waals surface area contributed by atoms with Gasteiger partial charge in [0, 0.05) is 18.8 Å². The number of benzene rings is 1. The molecule has 2 aliphatic rings. The van der Waals surface area contributed by atoms with Gasteiger partial charge < -0.3 is 10.4 Å². The summed E-state index contributed by atoms with van der Waals surface area (Å²) in [5.74, 6) is -0.118. The van der Waals surface area contributed by atoms with Crippen LogP contribution in [-0.4, -0.2) is 32.6 Å². The number of carbonyl (C=O) groups is 1. The zero-order valence-electron chi connectivity index (χ0n) is 11.6. The molecule has 0 atom stereocenters. The Hall–Kier alpha value is -1.44. The molecule has 3 N–H and O–H groups in total. The summed E-state index contributed by atoms with van der Waals surface area (Å²) in [4.78, 5) is 11.5. The minimum absolute atomic E-state index is 0.0733. The third-order valence-electron chi connectivity index (χ3n) is 4.25. The number of carbonyl (C=O) groups excluding carboxylic acids is 1. The molecule has 0 saturated heterocycles. The smallest absolute Gasteiger partial charge is 0.240 e. The van der Waals surface area contributed by atoms with E-state index in [0.717, 1.165) is 12.8 Å². The molecule has 1 aromatic rings. The van der Waals surface area contributed by atoms with Crippen LogP contribution in [0.25, 0.3) is 0 Å². The van der Waals surface area contributed by atoms with Crippen LogP contribution in [0, 0.1) is 5.41 Å². The van der Waals surface area contributed by atoms with Gasteiger partial charge in [-0.1, -0.05) is 0 Å². The van der Waals surface area contributed by atoms with Crippen LogP contribution in [0.5, 0.6) is 0 Å². The minimum Gasteiger partial charge on any atom is -0.396 e. The molecule has 6 nitrogen and oxygen atoms in total. The van der Waals surface area contributed by atoms with Gasteiger partial charge in [0.1, 0.15) is 0 Å². The molecule has 0 radical (unpaired) electrons. The monoisotopic (exact) mass is 310 g/mol. The van der Waals surface area contributed by atoms with Crippen molar-refractivity contribution in [3.05, 3.63) is 23.8 Å². The van der Waals surface area contributed by atoms with Crippen LogP contribution in [0.2, 0.25) is 0 Å². The van der Waals surface area contributed by atoms with E-state index in [1.165, 1.54) is 6.07 Å². The maximum atomic E-state index is 12.3. The number of aliphatic hydroxyl groups is 1. The Kier molecular flexibility index (Phi) is 3.51. The lowest BCUT2D eigenvalue weighted by Crippen LogP contribution is -2.30. The van der Waals surface area contributed by atoms with Crippen molar-refractivity contribution in [3.8, 4) is 0 Å². The molecule has 21 heavy (non-hydrogen) atoms. The third-order valence-corrected chi connectivity index (χ3v) is 5.65. The van der Waals surface area contributed by atoms with Crippen molar-refractivity contribution in [2.45, 2.75) is 30.6 Å². The molecule has 7 heteroatoms. The zero-order chi connectivity index (χ0) is 15.1. The van der Waals surface area contributed by atoms with Crippen LogP contribution in [0.1, 0.15) is 24.8 Å². The molecule has 1 saturated carbocycles. The summed E-state index contributed by atoms with van der Waals surface area (Å²) in [5, 5.41) is 11.7. The van der Waals surface area contributed by atoms with E-state index in [1.807, 2.05) is 0 Å². The van der Waals surface area contributed by atoms with E-state index in [9.17, 15) is 13.2 Å². The van der Waals surface area contributed by atoms with Gasteiger partial charge in [0.25, 0.3) is 0 Å². The first kappa shape index (κ1) is 14.5. The molecule has 1 fully saturated rings. The van der Waals surface area contributed by atoms with E-state index in [2.05, 4.69) is 10.0 Å². The lowest BCUT2D eigenvalue weighted by Gasteiger charge is -2.15. The van der Waals surface area contributed by atoms with Gasteiger partial charge in [-0.2, -0.15) is 0 Å². The molecule has 3 rings (SSSR count). The predicted octanol–water partition coefficient (Wildman–Crippen LogP) is 0.622. The number of anilines is 1. The van der Waals surface area contributed by atoms with Gasteiger partial charge in [0.15, 0.2) is 0 Å². The first-order chi connectivity index (χ1) is 9.94. The highest BCUT2D eigenvalue weighted by molar-refractivity contribution is 7.89. The summed E-state index contributed by atoms with van der Waals surface area (Å²) in [6.45, 7) is 0.429. The zero-order valence-corrected chi connectivity index (χ0v) is 12.4. The van der Waals surface area contributed by atoms with Crippen molar-refractivity contribution in [1.82, 2.24) is 4.72 Å². The summed E-state index contributed by atoms with van der Waals surface area (Å²) in [6.07, 6.45) is 2.72. The second kappa shape index (κ2) is 5.08. The molecule has 0 bridgehead atoms. The Morgan fingerprint density at radius 1 is 1.33 bits per heavy atom. The highest BCUT2D eigenvalue weighted by atomic mass is 32.2. The summed E-state index contributed by atoms with van der Waals surface area (Å²) in [5.41, 5.74) is 1.31. The lowest BCUT2D eigenvalue weighted by molar-refractivity contribution is -0.115. The van der Waals surface area contributed by atoms with E-state index < -0.39 is 10.0 Å². The third kappa shape index (κ3) is 2.95. The largest absolute Gasteiger partial charge is 0.396 e. The highest BCUT2D eigenvalue weighted by Crippen LogP contribution is 2.48. The fourth-order valence-electron chi connectivity index (χ4n) is 2.63. The van der Waals surface area contributed by atoms with Gasteiger partial charge in [0.2, 0.25) is 15.9 Å². The molecule has 0 spiro atoms. The van der Waals surface area contributed by atoms with Gasteiger partial charge >= 0.3 is 0 Å². The van der Waals surface area contributed by atoms with Crippen LogP contribution in [-0.2, 0) is 21.2 Å². The van der Waals surface area contributed by atoms with E-state index >= 15 is 0 Å². The van der Waals surface area contributed by atoms with Crippen molar-refractivity contribution >= 4 is 21.6 Å². The SMILES string of the molecule is O=C1Cc2cc(S(=O)(=O)NCC3(CCO)CC3)ccc2N1. The summed E-state index contributed by atoms with van der Waals surface area (Å²) in [7, 11) is -3.58. The summed E-state index contributed by atoms with van der Waals surface area (Å²) < 4.78 is 27.2. The quantitative estimate of drug-likeness (QED) is 0.718. The summed E-state index contributed by atoms with van der Waals surface area (Å²) >= 11 is 0. The molecular weight excluding hydrogens is 292 g/mol. The van der Waals surface area contributed by atoms with Crippen molar-refractivity contribution in [3.63, 3.8) is 0 Å². The maximum absolute atomic E-state index is 12.3. The Balaban J connectivity index is 1.74. The van der Waals surface area contributed by atoms with Crippen LogP contribution in [0.4, 0.5) is 5.69 Å². The molecular formula is C14H18N2O4S. The molecule has 1 aliphatic carbocycles. The van der Waals surface area contributed by atoms with Crippen molar-refractivity contribution in [1.29, 1.82) is 0 Å². The van der Waals surface area contributed by atoms with Gasteiger partial charge in [-0.25, -0.2) is 13.1 Å². The van der Waals surface area contributed by atoms with Crippen molar-refractivity contribution in [2.75, 3.05) is 18.5 Å². The fourth-order valence-corrected chi connectivity index (χ4v) is 3.84. The Morgan fingerprint density at radius 3 is 2.76 bits per heavy atom. The number of hydrogen-bond acceptors (Lipinski definition) is 4. The second-order valence-corrected chi connectivity index (χ2v) is 7.61. The number of fused-ring (bicyclic) bond motifs is 1. The first-order valence-electron chi connectivity index (χ1n) is 6.97. The van der Waals surface area contributed by atoms with Gasteiger partial charge in [0.05, 0.1) is 11.3 Å². The fraction of sp³-hybridized carbons (Fsp3) is 0.500. The van der Waals surface area contributed by atoms with Crippen molar-refractivity contribution in [2.24, 2.45) is 5.41 Å². The maximum Gasteiger partial charge on any atom is 0.240 e. The average molecular weight is 310 g/mol. The van der Waals surface area contributed by atoms with Crippen molar-refractivity contribution < 1.29 is 18.3 Å². The lowest BCUT2D eigenvalue weighted by atomic mass is 10.0. The molecule has 1 heterocycles. The van der Waals surface area contributed by atoms with Crippen LogP contribution < -0.4 is 10.0 Å². The van der Waals surface area contributed by atoms with Gasteiger partial charge in [-0.15, -0.1) is 0 Å². The first-order valence-corrected chi connectivity index (χ1v) is 8.46. The van der Waals surface area contributed by atoms with E-state index in [1.54, 1.807) is 12.1 Å². The molecule has 0 aromatic heterocycles. The van der Waals surface area contributed by atoms with Crippen LogP contribution in [0.15, 0.2) is 23.1 Å². The number of hydrogen-bond donors (Lipinski definition) is 3. The van der Waals surface area contributed by atoms with E-state index in [0.29, 0.717) is 24.2 Å². The standard InChI is InChI=1S/C14H18N2O4S/c17-6-5-14(3-4-14)9-15-21(19,20)11-1-2-12-10(7-11)8-13(18)16-12/h1-2,7,15,17H,3-6,8-9H2,(H,16,18). The number of rotatable bonds is 6. The topological polar surface area (TPSA) is 95.5 Å². The van der Waals surface area contributed by atoms with E-state index in [4.69, 9.17) is 5.11 Å². The predicted molar refractivity (Wildman–Crippen MR) is 77.3 cm³/mol. The Labute approximate surface area is 123 Å². The molecule has 1 aliphatic heterocycles. The number of sulfonamides is 1. The number of nitrogens with one attached hydrogen (secondary N) is 2. The van der Waals surface area contributed by atoms with Crippen LogP contribution in [0.3, 0.4) is 0 Å². The van der Waals surface area contributed by atoms with E-state index in [-0.39, 0.29) is 29.2 Å². The normalized spacial score (nSPS) is 19.2. The number of aliphatic hydroxyl groups excluding tert-OH is 1.